The molecule has 0 bridgehead atoms. The molecule has 1 fully saturated rings. The number of hydrogen-bond donors (Lipinski definition) is 1. The molecule has 1 atom stereocenters. The molecule has 2 heterocycles. The second-order valence-corrected chi connectivity index (χ2v) is 7.53. The number of rotatable bonds is 6. The molecule has 1 aliphatic heterocycles. The molecule has 0 saturated carbocycles. The summed E-state index contributed by atoms with van der Waals surface area (Å²) in [6.07, 6.45) is -5.22. The summed E-state index contributed by atoms with van der Waals surface area (Å²) >= 11 is 0. The van der Waals surface area contributed by atoms with Gasteiger partial charge in [-0.25, -0.2) is 9.07 Å². The van der Waals surface area contributed by atoms with Crippen LogP contribution in [0.3, 0.4) is 0 Å². The lowest BCUT2D eigenvalue weighted by atomic mass is 10.2. The number of hydrogen-bond acceptors (Lipinski definition) is 5. The molecule has 11 heteroatoms. The Morgan fingerprint density at radius 2 is 2.00 bits per heavy atom. The van der Waals surface area contributed by atoms with Crippen LogP contribution in [-0.2, 0) is 10.9 Å². The van der Waals surface area contributed by atoms with Crippen LogP contribution in [-0.4, -0.2) is 64.7 Å². The maximum atomic E-state index is 13.6. The van der Waals surface area contributed by atoms with Crippen molar-refractivity contribution in [2.75, 3.05) is 32.8 Å². The van der Waals surface area contributed by atoms with Gasteiger partial charge in [0.1, 0.15) is 5.82 Å². The number of nitrogens with zero attached hydrogens (tertiary/aromatic N) is 4. The summed E-state index contributed by atoms with van der Waals surface area (Å²) in [6.45, 7) is 6.94. The molecular formula is C19H23F4N5O2. The summed E-state index contributed by atoms with van der Waals surface area (Å²) in [4.78, 5) is 14.6. The van der Waals surface area contributed by atoms with Crippen molar-refractivity contribution in [2.45, 2.75) is 26.1 Å². The van der Waals surface area contributed by atoms with Crippen LogP contribution >= 0.6 is 0 Å². The highest BCUT2D eigenvalue weighted by Gasteiger charge is 2.42. The van der Waals surface area contributed by atoms with Crippen LogP contribution in [0.25, 0.3) is 5.69 Å². The van der Waals surface area contributed by atoms with E-state index in [1.54, 1.807) is 0 Å². The van der Waals surface area contributed by atoms with Gasteiger partial charge < -0.3 is 10.1 Å². The number of morpholine rings is 1. The lowest BCUT2D eigenvalue weighted by Crippen LogP contribution is -2.48. The van der Waals surface area contributed by atoms with E-state index in [1.165, 1.54) is 0 Å². The molecule has 30 heavy (non-hydrogen) atoms. The van der Waals surface area contributed by atoms with Gasteiger partial charge in [-0.3, -0.25) is 9.69 Å². The van der Waals surface area contributed by atoms with Gasteiger partial charge in [-0.1, -0.05) is 19.1 Å². The topological polar surface area (TPSA) is 72.3 Å². The Balaban J connectivity index is 1.73. The van der Waals surface area contributed by atoms with Gasteiger partial charge in [-0.05, 0) is 30.2 Å². The zero-order chi connectivity index (χ0) is 21.9. The lowest BCUT2D eigenvalue weighted by Gasteiger charge is -2.33. The number of carbonyl (C=O) groups excluding carboxylic acids is 1. The molecule has 0 spiro atoms. The molecule has 1 unspecified atom stereocenters. The number of benzene rings is 1. The molecule has 0 aliphatic carbocycles. The minimum absolute atomic E-state index is 0.0497. The van der Waals surface area contributed by atoms with Crippen molar-refractivity contribution in [1.29, 1.82) is 0 Å². The minimum atomic E-state index is -4.89. The maximum Gasteiger partial charge on any atom is 0.435 e. The van der Waals surface area contributed by atoms with E-state index in [4.69, 9.17) is 4.74 Å². The number of carbonyl (C=O) groups is 1. The van der Waals surface area contributed by atoms with Crippen LogP contribution in [0.1, 0.15) is 30.0 Å². The van der Waals surface area contributed by atoms with Crippen molar-refractivity contribution in [2.24, 2.45) is 5.92 Å². The van der Waals surface area contributed by atoms with E-state index in [-0.39, 0.29) is 18.3 Å². The highest BCUT2D eigenvalue weighted by atomic mass is 19.4. The predicted molar refractivity (Wildman–Crippen MR) is 99.7 cm³/mol. The Labute approximate surface area is 171 Å². The van der Waals surface area contributed by atoms with Crippen LogP contribution in [0.5, 0.6) is 0 Å². The van der Waals surface area contributed by atoms with E-state index >= 15 is 0 Å². The fourth-order valence-corrected chi connectivity index (χ4v) is 3.33. The van der Waals surface area contributed by atoms with Crippen LogP contribution in [0.15, 0.2) is 24.3 Å². The molecule has 1 saturated heterocycles. The van der Waals surface area contributed by atoms with E-state index in [2.05, 4.69) is 34.4 Å². The smallest absolute Gasteiger partial charge is 0.374 e. The Bertz CT molecular complexity index is 867. The molecule has 1 amide bonds. The highest BCUT2D eigenvalue weighted by Crippen LogP contribution is 2.32. The van der Waals surface area contributed by atoms with Gasteiger partial charge in [0.15, 0.2) is 11.4 Å². The molecule has 0 radical (unpaired) electrons. The molecule has 1 aliphatic rings. The summed E-state index contributed by atoms with van der Waals surface area (Å²) in [5.74, 6) is -1.14. The van der Waals surface area contributed by atoms with E-state index in [0.29, 0.717) is 23.8 Å². The molecule has 2 aromatic rings. The quantitative estimate of drug-likeness (QED) is 0.715. The Kier molecular flexibility index (Phi) is 6.71. The third-order valence-corrected chi connectivity index (χ3v) is 4.56. The molecule has 1 aromatic carbocycles. The van der Waals surface area contributed by atoms with Crippen molar-refractivity contribution in [3.05, 3.63) is 41.5 Å². The molecule has 1 N–H and O–H groups in total. The van der Waals surface area contributed by atoms with E-state index in [9.17, 15) is 22.4 Å². The third kappa shape index (κ3) is 5.33. The number of aromatic nitrogens is 3. The van der Waals surface area contributed by atoms with Gasteiger partial charge in [0, 0.05) is 26.2 Å². The standard InChI is InChI=1S/C19H23F4N5O2/c1-12(2)10-27-7-8-30-15(11-27)9-24-18(29)16-17(19(21,22)23)28(26-25-16)14-5-3-13(20)4-6-14/h3-6,12,15H,7-11H2,1-2H3,(H,24,29). The second kappa shape index (κ2) is 9.09. The predicted octanol–water partition coefficient (Wildman–Crippen LogP) is 2.51. The van der Waals surface area contributed by atoms with Crippen molar-refractivity contribution < 1.29 is 27.1 Å². The summed E-state index contributed by atoms with van der Waals surface area (Å²) in [5.41, 5.74) is -2.23. The number of halogens is 4. The molecule has 7 nitrogen and oxygen atoms in total. The number of nitrogens with one attached hydrogen (secondary N) is 1. The summed E-state index contributed by atoms with van der Waals surface area (Å²) in [5, 5.41) is 9.36. The molecule has 1 aromatic heterocycles. The summed E-state index contributed by atoms with van der Waals surface area (Å²) in [7, 11) is 0. The molecule has 164 valence electrons. The first-order valence-corrected chi connectivity index (χ1v) is 9.56. The largest absolute Gasteiger partial charge is 0.435 e. The number of ether oxygens (including phenoxy) is 1. The van der Waals surface area contributed by atoms with Gasteiger partial charge in [0.25, 0.3) is 5.91 Å². The lowest BCUT2D eigenvalue weighted by molar-refractivity contribution is -0.143. The van der Waals surface area contributed by atoms with Gasteiger partial charge in [-0.2, -0.15) is 13.2 Å². The first-order valence-electron chi connectivity index (χ1n) is 9.56. The van der Waals surface area contributed by atoms with E-state index in [0.717, 1.165) is 37.4 Å². The zero-order valence-corrected chi connectivity index (χ0v) is 16.6. The van der Waals surface area contributed by atoms with Gasteiger partial charge >= 0.3 is 6.18 Å². The first kappa shape index (κ1) is 22.2. The van der Waals surface area contributed by atoms with Crippen LogP contribution < -0.4 is 5.32 Å². The van der Waals surface area contributed by atoms with Crippen LogP contribution in [0.4, 0.5) is 17.6 Å². The monoisotopic (exact) mass is 429 g/mol. The normalized spacial score (nSPS) is 18.0. The van der Waals surface area contributed by atoms with Crippen molar-refractivity contribution in [3.63, 3.8) is 0 Å². The van der Waals surface area contributed by atoms with Gasteiger partial charge in [-0.15, -0.1) is 5.10 Å². The zero-order valence-electron chi connectivity index (χ0n) is 16.6. The SMILES string of the molecule is CC(C)CN1CCOC(CNC(=O)c2nnn(-c3ccc(F)cc3)c2C(F)(F)F)C1. The first-order chi connectivity index (χ1) is 14.1. The molecular weight excluding hydrogens is 406 g/mol. The second-order valence-electron chi connectivity index (χ2n) is 7.53. The Morgan fingerprint density at radius 1 is 1.30 bits per heavy atom. The fourth-order valence-electron chi connectivity index (χ4n) is 3.33. The number of amides is 1. The summed E-state index contributed by atoms with van der Waals surface area (Å²) in [6, 6.07) is 4.25. The minimum Gasteiger partial charge on any atom is -0.374 e. The Morgan fingerprint density at radius 3 is 2.63 bits per heavy atom. The molecule has 3 rings (SSSR count). The van der Waals surface area contributed by atoms with Crippen molar-refractivity contribution in [3.8, 4) is 5.69 Å². The number of alkyl halides is 3. The van der Waals surface area contributed by atoms with Gasteiger partial charge in [0.05, 0.1) is 18.4 Å². The van der Waals surface area contributed by atoms with Crippen LogP contribution in [0.2, 0.25) is 0 Å². The maximum absolute atomic E-state index is 13.6. The average molecular weight is 429 g/mol. The third-order valence-electron chi connectivity index (χ3n) is 4.56. The van der Waals surface area contributed by atoms with E-state index < -0.39 is 29.3 Å². The summed E-state index contributed by atoms with van der Waals surface area (Å²) < 4.78 is 60.1. The van der Waals surface area contributed by atoms with E-state index in [1.807, 2.05) is 0 Å². The fraction of sp³-hybridized carbons (Fsp3) is 0.526. The Hall–Kier alpha value is -2.53. The van der Waals surface area contributed by atoms with Crippen LogP contribution in [0, 0.1) is 11.7 Å². The highest BCUT2D eigenvalue weighted by molar-refractivity contribution is 5.93. The van der Waals surface area contributed by atoms with Gasteiger partial charge in [0.2, 0.25) is 0 Å². The van der Waals surface area contributed by atoms with Crippen molar-refractivity contribution in [1.82, 2.24) is 25.2 Å². The van der Waals surface area contributed by atoms with Crippen molar-refractivity contribution >= 4 is 5.91 Å². The average Bonchev–Trinajstić information content (AvgIpc) is 3.12.